The number of hydrogen-bond acceptors (Lipinski definition) is 2. The summed E-state index contributed by atoms with van der Waals surface area (Å²) in [7, 11) is 0. The average Bonchev–Trinajstić information content (AvgIpc) is 2.72. The van der Waals surface area contributed by atoms with E-state index < -0.39 is 0 Å². The first-order valence-electron chi connectivity index (χ1n) is 8.83. The van der Waals surface area contributed by atoms with Gasteiger partial charge >= 0.3 is 5.63 Å². The normalized spacial score (nSPS) is 11.6. The highest BCUT2D eigenvalue weighted by atomic mass is 16.4. The summed E-state index contributed by atoms with van der Waals surface area (Å²) >= 11 is 0. The molecule has 0 aliphatic heterocycles. The van der Waals surface area contributed by atoms with Crippen molar-refractivity contribution in [1.82, 2.24) is 0 Å². The Bertz CT molecular complexity index is 1170. The van der Waals surface area contributed by atoms with Crippen molar-refractivity contribution in [3.8, 4) is 0 Å². The molecule has 3 aromatic carbocycles. The first-order valence-corrected chi connectivity index (χ1v) is 8.83. The molecule has 0 radical (unpaired) electrons. The highest BCUT2D eigenvalue weighted by molar-refractivity contribution is 5.93. The molecule has 0 bridgehead atoms. The molecular formula is C25H18O2. The second-order valence-corrected chi connectivity index (χ2v) is 6.20. The molecule has 0 saturated heterocycles. The van der Waals surface area contributed by atoms with Gasteiger partial charge in [0, 0.05) is 5.39 Å². The lowest BCUT2D eigenvalue weighted by atomic mass is 10.0. The van der Waals surface area contributed by atoms with Crippen LogP contribution in [0, 0.1) is 0 Å². The van der Waals surface area contributed by atoms with Gasteiger partial charge in [-0.1, -0.05) is 97.1 Å². The molecule has 2 heteroatoms. The number of fused-ring (bicyclic) bond motifs is 1. The lowest BCUT2D eigenvalue weighted by Gasteiger charge is -2.05. The number of hydrogen-bond donors (Lipinski definition) is 0. The van der Waals surface area contributed by atoms with E-state index in [9.17, 15) is 4.79 Å². The molecule has 4 rings (SSSR count). The zero-order valence-electron chi connectivity index (χ0n) is 14.7. The molecule has 0 spiro atoms. The first-order chi connectivity index (χ1) is 13.3. The lowest BCUT2D eigenvalue weighted by molar-refractivity contribution is 0.559. The van der Waals surface area contributed by atoms with Gasteiger partial charge in [-0.05, 0) is 28.8 Å². The van der Waals surface area contributed by atoms with Gasteiger partial charge in [0.05, 0.1) is 5.56 Å². The highest BCUT2D eigenvalue weighted by Gasteiger charge is 2.10. The van der Waals surface area contributed by atoms with Crippen molar-refractivity contribution in [3.05, 3.63) is 118 Å². The molecule has 0 fully saturated rings. The van der Waals surface area contributed by atoms with E-state index in [4.69, 9.17) is 4.42 Å². The fourth-order valence-electron chi connectivity index (χ4n) is 3.01. The summed E-state index contributed by atoms with van der Waals surface area (Å²) in [6.45, 7) is 0. The molecule has 0 unspecified atom stereocenters. The Morgan fingerprint density at radius 3 is 1.70 bits per heavy atom. The Balaban J connectivity index is 1.87. The van der Waals surface area contributed by atoms with E-state index in [2.05, 4.69) is 0 Å². The Morgan fingerprint density at radius 1 is 0.556 bits per heavy atom. The van der Waals surface area contributed by atoms with E-state index in [1.54, 1.807) is 0 Å². The summed E-state index contributed by atoms with van der Waals surface area (Å²) in [4.78, 5) is 12.6. The number of rotatable bonds is 4. The van der Waals surface area contributed by atoms with Crippen LogP contribution < -0.4 is 5.63 Å². The smallest absolute Gasteiger partial charge is 0.344 e. The second-order valence-electron chi connectivity index (χ2n) is 6.20. The minimum atomic E-state index is -0.339. The van der Waals surface area contributed by atoms with Crippen LogP contribution in [0.15, 0.2) is 94.1 Å². The van der Waals surface area contributed by atoms with Gasteiger partial charge in [0.25, 0.3) is 0 Å². The van der Waals surface area contributed by atoms with Crippen LogP contribution in [0.5, 0.6) is 0 Å². The van der Waals surface area contributed by atoms with Gasteiger partial charge < -0.3 is 4.42 Å². The van der Waals surface area contributed by atoms with Crippen molar-refractivity contribution < 1.29 is 4.42 Å². The monoisotopic (exact) mass is 350 g/mol. The predicted molar refractivity (Wildman–Crippen MR) is 113 cm³/mol. The molecule has 1 aromatic heterocycles. The molecule has 4 aromatic rings. The van der Waals surface area contributed by atoms with Gasteiger partial charge in [0.15, 0.2) is 0 Å². The minimum absolute atomic E-state index is 0.339. The molecule has 0 aliphatic carbocycles. The van der Waals surface area contributed by atoms with Gasteiger partial charge in [-0.2, -0.15) is 0 Å². The van der Waals surface area contributed by atoms with Crippen LogP contribution in [0.3, 0.4) is 0 Å². The SMILES string of the molecule is O=c1oc2ccccc2c(C=Cc2ccccc2)c1C=Cc1ccccc1. The molecule has 0 aliphatic rings. The van der Waals surface area contributed by atoms with Gasteiger partial charge in [-0.25, -0.2) is 4.79 Å². The van der Waals surface area contributed by atoms with Crippen molar-refractivity contribution in [2.24, 2.45) is 0 Å². The molecule has 0 atom stereocenters. The molecule has 27 heavy (non-hydrogen) atoms. The van der Waals surface area contributed by atoms with Gasteiger partial charge in [0.1, 0.15) is 5.58 Å². The van der Waals surface area contributed by atoms with Crippen LogP contribution in [0.2, 0.25) is 0 Å². The van der Waals surface area contributed by atoms with E-state index in [0.29, 0.717) is 11.1 Å². The zero-order valence-corrected chi connectivity index (χ0v) is 14.7. The van der Waals surface area contributed by atoms with E-state index in [1.165, 1.54) is 0 Å². The van der Waals surface area contributed by atoms with Crippen LogP contribution in [-0.4, -0.2) is 0 Å². The second kappa shape index (κ2) is 7.71. The maximum atomic E-state index is 12.6. The van der Waals surface area contributed by atoms with Crippen molar-refractivity contribution in [2.75, 3.05) is 0 Å². The summed E-state index contributed by atoms with van der Waals surface area (Å²) in [5, 5.41) is 0.914. The van der Waals surface area contributed by atoms with E-state index in [0.717, 1.165) is 22.1 Å². The third kappa shape index (κ3) is 3.80. The van der Waals surface area contributed by atoms with Crippen LogP contribution in [-0.2, 0) is 0 Å². The molecular weight excluding hydrogens is 332 g/mol. The molecule has 2 nitrogen and oxygen atoms in total. The summed E-state index contributed by atoms with van der Waals surface area (Å²) in [5.41, 5.74) is 3.76. The molecule has 0 N–H and O–H groups in total. The Labute approximate surface area is 157 Å². The average molecular weight is 350 g/mol. The van der Waals surface area contributed by atoms with Crippen LogP contribution in [0.1, 0.15) is 22.3 Å². The van der Waals surface area contributed by atoms with Crippen LogP contribution >= 0.6 is 0 Å². The molecule has 1 heterocycles. The topological polar surface area (TPSA) is 30.2 Å². The quantitative estimate of drug-likeness (QED) is 0.414. The van der Waals surface area contributed by atoms with Gasteiger partial charge in [0.2, 0.25) is 0 Å². The Hall–Kier alpha value is -3.65. The number of para-hydroxylation sites is 1. The summed E-state index contributed by atoms with van der Waals surface area (Å²) < 4.78 is 5.53. The van der Waals surface area contributed by atoms with Crippen molar-refractivity contribution >= 4 is 35.3 Å². The van der Waals surface area contributed by atoms with E-state index in [1.807, 2.05) is 109 Å². The van der Waals surface area contributed by atoms with Crippen molar-refractivity contribution in [2.45, 2.75) is 0 Å². The van der Waals surface area contributed by atoms with E-state index in [-0.39, 0.29) is 5.63 Å². The Kier molecular flexibility index (Phi) is 4.80. The van der Waals surface area contributed by atoms with Crippen LogP contribution in [0.4, 0.5) is 0 Å². The molecule has 0 amide bonds. The summed E-state index contributed by atoms with van der Waals surface area (Å²) in [6, 6.07) is 27.6. The third-order valence-electron chi connectivity index (χ3n) is 4.37. The lowest BCUT2D eigenvalue weighted by Crippen LogP contribution is -2.06. The third-order valence-corrected chi connectivity index (χ3v) is 4.37. The number of benzene rings is 3. The van der Waals surface area contributed by atoms with Crippen LogP contribution in [0.25, 0.3) is 35.3 Å². The molecule has 130 valence electrons. The first kappa shape index (κ1) is 16.8. The molecule has 0 saturated carbocycles. The largest absolute Gasteiger partial charge is 0.422 e. The highest BCUT2D eigenvalue weighted by Crippen LogP contribution is 2.24. The maximum Gasteiger partial charge on any atom is 0.344 e. The van der Waals surface area contributed by atoms with Crippen molar-refractivity contribution in [1.29, 1.82) is 0 Å². The zero-order chi connectivity index (χ0) is 18.5. The maximum absolute atomic E-state index is 12.6. The summed E-state index contributed by atoms with van der Waals surface area (Å²) in [5.74, 6) is 0. The van der Waals surface area contributed by atoms with Gasteiger partial charge in [-0.15, -0.1) is 0 Å². The fourth-order valence-corrected chi connectivity index (χ4v) is 3.01. The summed E-state index contributed by atoms with van der Waals surface area (Å²) in [6.07, 6.45) is 7.76. The standard InChI is InChI=1S/C25H18O2/c26-25-23(18-16-20-11-5-2-6-12-20)21(17-15-19-9-3-1-4-10-19)22-13-7-8-14-24(22)27-25/h1-18H. The van der Waals surface area contributed by atoms with Gasteiger partial charge in [-0.3, -0.25) is 0 Å². The predicted octanol–water partition coefficient (Wildman–Crippen LogP) is 6.13. The Morgan fingerprint density at radius 2 is 1.07 bits per heavy atom. The van der Waals surface area contributed by atoms with Crippen molar-refractivity contribution in [3.63, 3.8) is 0 Å². The van der Waals surface area contributed by atoms with E-state index >= 15 is 0 Å². The minimum Gasteiger partial charge on any atom is -0.422 e. The fraction of sp³-hybridized carbons (Fsp3) is 0.